The zero-order valence-corrected chi connectivity index (χ0v) is 16.8. The minimum absolute atomic E-state index is 0.0572. The van der Waals surface area contributed by atoms with Crippen LogP contribution >= 0.6 is 0 Å². The highest BCUT2D eigenvalue weighted by Crippen LogP contribution is 2.24. The number of fused-ring (bicyclic) bond motifs is 1. The molecule has 0 saturated heterocycles. The summed E-state index contributed by atoms with van der Waals surface area (Å²) in [5, 5.41) is 5.97. The lowest BCUT2D eigenvalue weighted by molar-refractivity contribution is -0.121. The second kappa shape index (κ2) is 9.54. The lowest BCUT2D eigenvalue weighted by Crippen LogP contribution is -2.32. The summed E-state index contributed by atoms with van der Waals surface area (Å²) in [6.45, 7) is 5.15. The number of aryl methyl sites for hydroxylation is 1. The monoisotopic (exact) mass is 378 g/mol. The largest absolute Gasteiger partial charge is 0.356 e. The van der Waals surface area contributed by atoms with Gasteiger partial charge in [-0.15, -0.1) is 0 Å². The van der Waals surface area contributed by atoms with Crippen LogP contribution in [-0.2, 0) is 28.9 Å². The Hall–Kier alpha value is -2.62. The van der Waals surface area contributed by atoms with Gasteiger partial charge in [-0.1, -0.05) is 56.3 Å². The summed E-state index contributed by atoms with van der Waals surface area (Å²) in [7, 11) is 0. The number of anilines is 1. The van der Waals surface area contributed by atoms with Crippen LogP contribution in [0.5, 0.6) is 0 Å². The Kier molecular flexibility index (Phi) is 6.85. The van der Waals surface area contributed by atoms with Crippen LogP contribution in [0.4, 0.5) is 5.69 Å². The number of benzene rings is 2. The number of carbonyl (C=O) groups is 2. The van der Waals surface area contributed by atoms with Crippen LogP contribution in [0, 0.1) is 11.8 Å². The molecule has 0 unspecified atom stereocenters. The molecular formula is C24H30N2O2. The van der Waals surface area contributed by atoms with E-state index in [2.05, 4.69) is 54.8 Å². The molecule has 28 heavy (non-hydrogen) atoms. The van der Waals surface area contributed by atoms with Crippen LogP contribution in [0.1, 0.15) is 43.4 Å². The Balaban J connectivity index is 1.41. The molecule has 0 saturated carbocycles. The predicted octanol–water partition coefficient (Wildman–Crippen LogP) is 4.14. The van der Waals surface area contributed by atoms with Crippen molar-refractivity contribution in [2.45, 2.75) is 46.0 Å². The molecular weight excluding hydrogens is 348 g/mol. The van der Waals surface area contributed by atoms with Crippen molar-refractivity contribution in [2.75, 3.05) is 11.9 Å². The first-order valence-corrected chi connectivity index (χ1v) is 10.2. The van der Waals surface area contributed by atoms with Crippen molar-refractivity contribution in [3.8, 4) is 0 Å². The first-order valence-electron chi connectivity index (χ1n) is 10.2. The molecule has 0 spiro atoms. The maximum atomic E-state index is 12.3. The quantitative estimate of drug-likeness (QED) is 0.689. The van der Waals surface area contributed by atoms with Gasteiger partial charge in [-0.05, 0) is 53.9 Å². The van der Waals surface area contributed by atoms with Gasteiger partial charge >= 0.3 is 0 Å². The van der Waals surface area contributed by atoms with Crippen molar-refractivity contribution < 1.29 is 9.59 Å². The summed E-state index contributed by atoms with van der Waals surface area (Å²) in [5.74, 6) is 1.13. The van der Waals surface area contributed by atoms with E-state index in [4.69, 9.17) is 0 Å². The Morgan fingerprint density at radius 3 is 2.64 bits per heavy atom. The van der Waals surface area contributed by atoms with E-state index in [-0.39, 0.29) is 11.8 Å². The van der Waals surface area contributed by atoms with Crippen molar-refractivity contribution in [2.24, 2.45) is 11.8 Å². The third kappa shape index (κ3) is 5.69. The molecule has 1 aliphatic rings. The minimum atomic E-state index is 0.0572. The molecule has 2 aromatic carbocycles. The lowest BCUT2D eigenvalue weighted by Gasteiger charge is -2.21. The second-order valence-electron chi connectivity index (χ2n) is 8.07. The van der Waals surface area contributed by atoms with Crippen LogP contribution in [0.15, 0.2) is 48.5 Å². The average molecular weight is 379 g/mol. The van der Waals surface area contributed by atoms with Gasteiger partial charge in [-0.2, -0.15) is 0 Å². The fraction of sp³-hybridized carbons (Fsp3) is 0.417. The highest BCUT2D eigenvalue weighted by molar-refractivity contribution is 5.99. The SMILES string of the molecule is CC(C)[C@H](CNC(=O)CCCc1ccc2c(c1)CC(=O)N2)Cc1ccccc1. The van der Waals surface area contributed by atoms with Crippen molar-refractivity contribution in [3.63, 3.8) is 0 Å². The van der Waals surface area contributed by atoms with E-state index >= 15 is 0 Å². The van der Waals surface area contributed by atoms with Crippen LogP contribution < -0.4 is 10.6 Å². The van der Waals surface area contributed by atoms with E-state index in [9.17, 15) is 9.59 Å². The first kappa shape index (κ1) is 20.1. The molecule has 2 N–H and O–H groups in total. The molecule has 4 nitrogen and oxygen atoms in total. The van der Waals surface area contributed by atoms with Crippen molar-refractivity contribution in [1.29, 1.82) is 0 Å². The fourth-order valence-corrected chi connectivity index (χ4v) is 3.68. The van der Waals surface area contributed by atoms with Crippen LogP contribution in [0.25, 0.3) is 0 Å². The van der Waals surface area contributed by atoms with Crippen LogP contribution in [0.2, 0.25) is 0 Å². The van der Waals surface area contributed by atoms with Crippen molar-refractivity contribution >= 4 is 17.5 Å². The van der Waals surface area contributed by atoms with E-state index in [1.807, 2.05) is 18.2 Å². The first-order chi connectivity index (χ1) is 13.5. The standard InChI is InChI=1S/C24H30N2O2/c1-17(2)21(14-18-7-4-3-5-8-18)16-25-23(27)10-6-9-19-11-12-22-20(13-19)15-24(28)26-22/h3-5,7-8,11-13,17,21H,6,9-10,14-16H2,1-2H3,(H,25,27)(H,26,28)/t21-/m0/s1. The molecule has 148 valence electrons. The summed E-state index contributed by atoms with van der Waals surface area (Å²) < 4.78 is 0. The normalized spacial score (nSPS) is 13.9. The van der Waals surface area contributed by atoms with Gasteiger partial charge in [0.25, 0.3) is 0 Å². The van der Waals surface area contributed by atoms with Crippen LogP contribution in [-0.4, -0.2) is 18.4 Å². The molecule has 0 fully saturated rings. The molecule has 4 heteroatoms. The third-order valence-corrected chi connectivity index (χ3v) is 5.51. The average Bonchev–Trinajstić information content (AvgIpc) is 3.05. The molecule has 1 heterocycles. The Morgan fingerprint density at radius 2 is 1.89 bits per heavy atom. The molecule has 3 rings (SSSR count). The molecule has 0 aliphatic carbocycles. The zero-order chi connectivity index (χ0) is 19.9. The number of amides is 2. The van der Waals surface area contributed by atoms with Gasteiger partial charge < -0.3 is 10.6 Å². The number of hydrogen-bond donors (Lipinski definition) is 2. The maximum Gasteiger partial charge on any atom is 0.228 e. The van der Waals surface area contributed by atoms with Gasteiger partial charge in [0, 0.05) is 18.7 Å². The smallest absolute Gasteiger partial charge is 0.228 e. The molecule has 0 bridgehead atoms. The van der Waals surface area contributed by atoms with Gasteiger partial charge in [0.05, 0.1) is 6.42 Å². The van der Waals surface area contributed by atoms with Gasteiger partial charge in [0.2, 0.25) is 11.8 Å². The summed E-state index contributed by atoms with van der Waals surface area (Å²) in [5.41, 5.74) is 4.49. The predicted molar refractivity (Wildman–Crippen MR) is 113 cm³/mol. The third-order valence-electron chi connectivity index (χ3n) is 5.51. The van der Waals surface area contributed by atoms with E-state index < -0.39 is 0 Å². The number of rotatable bonds is 9. The van der Waals surface area contributed by atoms with E-state index in [1.54, 1.807) is 0 Å². The second-order valence-corrected chi connectivity index (χ2v) is 8.07. The minimum Gasteiger partial charge on any atom is -0.356 e. The highest BCUT2D eigenvalue weighted by atomic mass is 16.2. The summed E-state index contributed by atoms with van der Waals surface area (Å²) in [4.78, 5) is 23.7. The molecule has 1 aliphatic heterocycles. The molecule has 0 radical (unpaired) electrons. The van der Waals surface area contributed by atoms with Gasteiger partial charge in [-0.3, -0.25) is 9.59 Å². The molecule has 1 atom stereocenters. The van der Waals surface area contributed by atoms with E-state index in [1.165, 1.54) is 11.1 Å². The summed E-state index contributed by atoms with van der Waals surface area (Å²) in [6.07, 6.45) is 3.65. The van der Waals surface area contributed by atoms with Gasteiger partial charge in [0.1, 0.15) is 0 Å². The topological polar surface area (TPSA) is 58.2 Å². The van der Waals surface area contributed by atoms with Gasteiger partial charge in [-0.25, -0.2) is 0 Å². The number of hydrogen-bond acceptors (Lipinski definition) is 2. The Labute approximate surface area is 167 Å². The molecule has 2 aromatic rings. The summed E-state index contributed by atoms with van der Waals surface area (Å²) in [6, 6.07) is 16.6. The maximum absolute atomic E-state index is 12.3. The molecule has 0 aromatic heterocycles. The van der Waals surface area contributed by atoms with Crippen molar-refractivity contribution in [3.05, 3.63) is 65.2 Å². The number of nitrogens with one attached hydrogen (secondary N) is 2. The Morgan fingerprint density at radius 1 is 1.11 bits per heavy atom. The fourth-order valence-electron chi connectivity index (χ4n) is 3.68. The lowest BCUT2D eigenvalue weighted by atomic mass is 9.89. The Bertz CT molecular complexity index is 815. The zero-order valence-electron chi connectivity index (χ0n) is 16.8. The number of carbonyl (C=O) groups excluding carboxylic acids is 2. The van der Waals surface area contributed by atoms with E-state index in [0.29, 0.717) is 24.7 Å². The van der Waals surface area contributed by atoms with Crippen molar-refractivity contribution in [1.82, 2.24) is 5.32 Å². The van der Waals surface area contributed by atoms with Crippen LogP contribution in [0.3, 0.4) is 0 Å². The van der Waals surface area contributed by atoms with Gasteiger partial charge in [0.15, 0.2) is 0 Å². The molecule has 2 amide bonds. The highest BCUT2D eigenvalue weighted by Gasteiger charge is 2.18. The van der Waals surface area contributed by atoms with E-state index in [0.717, 1.165) is 37.1 Å². The summed E-state index contributed by atoms with van der Waals surface area (Å²) >= 11 is 0.